The van der Waals surface area contributed by atoms with Crippen LogP contribution in [0.1, 0.15) is 40.0 Å². The van der Waals surface area contributed by atoms with Crippen molar-refractivity contribution in [2.24, 2.45) is 5.73 Å². The summed E-state index contributed by atoms with van der Waals surface area (Å²) in [6, 6.07) is 7.75. The van der Waals surface area contributed by atoms with Gasteiger partial charge in [-0.05, 0) is 31.4 Å². The number of benzene rings is 1. The van der Waals surface area contributed by atoms with E-state index < -0.39 is 10.4 Å². The van der Waals surface area contributed by atoms with Crippen molar-refractivity contribution in [3.8, 4) is 5.75 Å². The lowest BCUT2D eigenvalue weighted by Crippen LogP contribution is -2.37. The Kier molecular flexibility index (Phi) is 7.66. The molecule has 0 aliphatic rings. The molecule has 0 atom stereocenters. The maximum Gasteiger partial charge on any atom is 0.446 e. The van der Waals surface area contributed by atoms with Gasteiger partial charge in [0.15, 0.2) is 0 Å². The second-order valence-corrected chi connectivity index (χ2v) is 5.27. The lowest BCUT2D eigenvalue weighted by atomic mass is 9.92. The van der Waals surface area contributed by atoms with Crippen LogP contribution in [0.5, 0.6) is 5.75 Å². The average Bonchev–Trinajstić information content (AvgIpc) is 2.38. The number of nitrogens with two attached hydrogens (primary N) is 1. The number of rotatable bonds is 5. The minimum Gasteiger partial charge on any atom is -0.362 e. The fourth-order valence-electron chi connectivity index (χ4n) is 1.35. The lowest BCUT2D eigenvalue weighted by molar-refractivity contribution is 0.383. The van der Waals surface area contributed by atoms with Crippen molar-refractivity contribution in [1.82, 2.24) is 0 Å². The van der Waals surface area contributed by atoms with E-state index in [-0.39, 0.29) is 11.3 Å². The molecule has 6 heteroatoms. The van der Waals surface area contributed by atoms with Crippen molar-refractivity contribution in [3.05, 3.63) is 30.3 Å². The Balaban J connectivity index is 0.000000362. The molecule has 19 heavy (non-hydrogen) atoms. The zero-order valence-electron chi connectivity index (χ0n) is 11.7. The van der Waals surface area contributed by atoms with E-state index in [4.69, 9.17) is 10.3 Å². The summed E-state index contributed by atoms with van der Waals surface area (Å²) in [7, 11) is -4.38. The zero-order valence-corrected chi connectivity index (χ0v) is 12.5. The van der Waals surface area contributed by atoms with Gasteiger partial charge < -0.3 is 9.92 Å². The Morgan fingerprint density at radius 2 is 1.53 bits per heavy atom. The second-order valence-electron chi connectivity index (χ2n) is 4.25. The molecule has 5 nitrogen and oxygen atoms in total. The van der Waals surface area contributed by atoms with Gasteiger partial charge in [0.05, 0.1) is 0 Å². The third kappa shape index (κ3) is 8.58. The van der Waals surface area contributed by atoms with Crippen LogP contribution in [0, 0.1) is 0 Å². The fourth-order valence-corrected chi connectivity index (χ4v) is 1.70. The van der Waals surface area contributed by atoms with Gasteiger partial charge in [-0.15, -0.1) is 0 Å². The Morgan fingerprint density at radius 1 is 1.11 bits per heavy atom. The minimum atomic E-state index is -4.38. The molecule has 0 aliphatic carbocycles. The third-order valence-corrected chi connectivity index (χ3v) is 3.46. The van der Waals surface area contributed by atoms with E-state index in [0.717, 1.165) is 19.3 Å². The third-order valence-electron chi connectivity index (χ3n) is 3.06. The topological polar surface area (TPSA) is 89.6 Å². The highest BCUT2D eigenvalue weighted by molar-refractivity contribution is 7.81. The van der Waals surface area contributed by atoms with Gasteiger partial charge >= 0.3 is 10.4 Å². The van der Waals surface area contributed by atoms with Crippen LogP contribution >= 0.6 is 0 Å². The fraction of sp³-hybridized carbons (Fsp3) is 0.538. The van der Waals surface area contributed by atoms with E-state index in [1.165, 1.54) is 12.1 Å². The molecule has 1 aromatic rings. The summed E-state index contributed by atoms with van der Waals surface area (Å²) in [5, 5.41) is 0. The van der Waals surface area contributed by atoms with Crippen LogP contribution in [0.25, 0.3) is 0 Å². The van der Waals surface area contributed by atoms with Crippen LogP contribution in [-0.4, -0.2) is 18.5 Å². The van der Waals surface area contributed by atoms with Gasteiger partial charge in [0.25, 0.3) is 0 Å². The summed E-state index contributed by atoms with van der Waals surface area (Å²) < 4.78 is 32.6. The molecular weight excluding hydrogens is 266 g/mol. The number of hydrogen-bond acceptors (Lipinski definition) is 4. The van der Waals surface area contributed by atoms with Crippen molar-refractivity contribution in [1.29, 1.82) is 0 Å². The van der Waals surface area contributed by atoms with Crippen LogP contribution in [0.2, 0.25) is 0 Å². The van der Waals surface area contributed by atoms with E-state index in [9.17, 15) is 8.42 Å². The van der Waals surface area contributed by atoms with Crippen LogP contribution in [-0.2, 0) is 10.4 Å². The maximum atomic E-state index is 10.1. The van der Waals surface area contributed by atoms with E-state index in [0.29, 0.717) is 0 Å². The molecule has 0 heterocycles. The minimum absolute atomic E-state index is 0.0926. The summed E-state index contributed by atoms with van der Waals surface area (Å²) in [6.45, 7) is 6.44. The van der Waals surface area contributed by atoms with E-state index in [1.54, 1.807) is 18.2 Å². The summed E-state index contributed by atoms with van der Waals surface area (Å²) in [4.78, 5) is 0. The van der Waals surface area contributed by atoms with Crippen LogP contribution in [0.4, 0.5) is 0 Å². The van der Waals surface area contributed by atoms with Gasteiger partial charge in [-0.3, -0.25) is 4.55 Å². The van der Waals surface area contributed by atoms with Gasteiger partial charge in [-0.25, -0.2) is 0 Å². The van der Waals surface area contributed by atoms with E-state index >= 15 is 0 Å². The lowest BCUT2D eigenvalue weighted by Gasteiger charge is -2.23. The first-order valence-electron chi connectivity index (χ1n) is 6.27. The molecule has 1 aromatic carbocycles. The molecule has 0 aromatic heterocycles. The highest BCUT2D eigenvalue weighted by atomic mass is 32.3. The Hall–Kier alpha value is -1.11. The maximum absolute atomic E-state index is 10.1. The molecule has 0 bridgehead atoms. The van der Waals surface area contributed by atoms with Crippen LogP contribution < -0.4 is 9.92 Å². The van der Waals surface area contributed by atoms with Crippen molar-refractivity contribution >= 4 is 10.4 Å². The predicted molar refractivity (Wildman–Crippen MR) is 76.4 cm³/mol. The molecule has 110 valence electrons. The molecule has 0 radical (unpaired) electrons. The Labute approximate surface area is 115 Å². The highest BCUT2D eigenvalue weighted by Gasteiger charge is 2.15. The predicted octanol–water partition coefficient (Wildman–Crippen LogP) is 2.78. The molecule has 0 unspecified atom stereocenters. The Morgan fingerprint density at radius 3 is 1.79 bits per heavy atom. The number of hydrogen-bond donors (Lipinski definition) is 2. The van der Waals surface area contributed by atoms with Gasteiger partial charge in [0, 0.05) is 5.54 Å². The summed E-state index contributed by atoms with van der Waals surface area (Å²) in [5.74, 6) is 0.0926. The first-order valence-corrected chi connectivity index (χ1v) is 7.63. The van der Waals surface area contributed by atoms with Gasteiger partial charge in [-0.2, -0.15) is 8.42 Å². The average molecular weight is 289 g/mol. The first-order chi connectivity index (χ1) is 8.76. The molecule has 0 saturated heterocycles. The van der Waals surface area contributed by atoms with E-state index in [2.05, 4.69) is 25.0 Å². The largest absolute Gasteiger partial charge is 0.446 e. The Bertz CT molecular complexity index is 433. The summed E-state index contributed by atoms with van der Waals surface area (Å²) >= 11 is 0. The van der Waals surface area contributed by atoms with Gasteiger partial charge in [0.1, 0.15) is 5.75 Å². The van der Waals surface area contributed by atoms with E-state index in [1.807, 2.05) is 0 Å². The van der Waals surface area contributed by atoms with Crippen molar-refractivity contribution in [2.75, 3.05) is 0 Å². The molecule has 3 N–H and O–H groups in total. The summed E-state index contributed by atoms with van der Waals surface area (Å²) in [6.07, 6.45) is 3.29. The zero-order chi connectivity index (χ0) is 14.9. The smallest absolute Gasteiger partial charge is 0.362 e. The molecule has 0 spiro atoms. The highest BCUT2D eigenvalue weighted by Crippen LogP contribution is 2.14. The van der Waals surface area contributed by atoms with Crippen molar-refractivity contribution in [3.63, 3.8) is 0 Å². The molecule has 0 amide bonds. The van der Waals surface area contributed by atoms with Crippen LogP contribution in [0.3, 0.4) is 0 Å². The molecule has 0 aliphatic heterocycles. The molecule has 0 fully saturated rings. The second kappa shape index (κ2) is 8.14. The quantitative estimate of drug-likeness (QED) is 0.813. The molecule has 1 rings (SSSR count). The van der Waals surface area contributed by atoms with Gasteiger partial charge in [-0.1, -0.05) is 39.0 Å². The van der Waals surface area contributed by atoms with Crippen LogP contribution in [0.15, 0.2) is 30.3 Å². The molecule has 0 saturated carbocycles. The van der Waals surface area contributed by atoms with Crippen molar-refractivity contribution < 1.29 is 17.2 Å². The van der Waals surface area contributed by atoms with Gasteiger partial charge in [0.2, 0.25) is 0 Å². The summed E-state index contributed by atoms with van der Waals surface area (Å²) in [5.41, 5.74) is 6.02. The molecular formula is C13H23NO4S. The normalized spacial score (nSPS) is 11.4. The van der Waals surface area contributed by atoms with Crippen molar-refractivity contribution in [2.45, 2.75) is 45.6 Å². The number of para-hydroxylation sites is 1. The standard InChI is InChI=1S/C7H17N.C6H6O4S/c1-4-7(8,5-2)6-3;7-11(8,9)10-6-4-2-1-3-5-6/h4-6,8H2,1-3H3;1-5H,(H,7,8,9). The SMILES string of the molecule is CCC(N)(CC)CC.O=S(=O)(O)Oc1ccccc1. The first kappa shape index (κ1) is 17.9. The monoisotopic (exact) mass is 289 g/mol.